The predicted molar refractivity (Wildman–Crippen MR) is 58.1 cm³/mol. The first-order valence-corrected chi connectivity index (χ1v) is 5.03. The topological polar surface area (TPSA) is 24.4 Å². The van der Waals surface area contributed by atoms with Crippen molar-refractivity contribution in [3.05, 3.63) is 11.3 Å². The zero-order chi connectivity index (χ0) is 9.84. The second kappa shape index (κ2) is 4.45. The molecule has 1 rings (SSSR count). The minimum Gasteiger partial charge on any atom is -0.391 e. The summed E-state index contributed by atoms with van der Waals surface area (Å²) in [4.78, 5) is 4.40. The molecule has 0 aromatic carbocycles. The van der Waals surface area contributed by atoms with Crippen molar-refractivity contribution in [1.29, 1.82) is 0 Å². The number of aliphatic imine (C=N–C) groups is 1. The van der Waals surface area contributed by atoms with Crippen LogP contribution >= 0.6 is 0 Å². The molecule has 0 saturated heterocycles. The Labute approximate surface area is 81.1 Å². The zero-order valence-corrected chi connectivity index (χ0v) is 9.15. The van der Waals surface area contributed by atoms with Gasteiger partial charge in [-0.1, -0.05) is 6.42 Å². The minimum absolute atomic E-state index is 0.730. The van der Waals surface area contributed by atoms with E-state index in [1.807, 2.05) is 14.1 Å². The molecular formula is C11H20N2. The Morgan fingerprint density at radius 2 is 1.92 bits per heavy atom. The summed E-state index contributed by atoms with van der Waals surface area (Å²) in [6, 6.07) is 0. The summed E-state index contributed by atoms with van der Waals surface area (Å²) in [6.45, 7) is 4.27. The van der Waals surface area contributed by atoms with Gasteiger partial charge in [0, 0.05) is 31.4 Å². The van der Waals surface area contributed by atoms with Gasteiger partial charge in [-0.3, -0.25) is 4.99 Å². The number of hydrogen-bond donors (Lipinski definition) is 1. The number of nitrogens with one attached hydrogen (secondary N) is 1. The molecule has 0 bridgehead atoms. The van der Waals surface area contributed by atoms with Crippen molar-refractivity contribution in [2.24, 2.45) is 10.9 Å². The molecule has 0 aliphatic heterocycles. The van der Waals surface area contributed by atoms with Gasteiger partial charge in [-0.05, 0) is 32.3 Å². The molecule has 0 atom stereocenters. The Morgan fingerprint density at radius 1 is 1.31 bits per heavy atom. The Hall–Kier alpha value is -0.790. The lowest BCUT2D eigenvalue weighted by molar-refractivity contribution is 0.413. The van der Waals surface area contributed by atoms with Gasteiger partial charge in [0.05, 0.1) is 0 Å². The van der Waals surface area contributed by atoms with Gasteiger partial charge in [0.25, 0.3) is 0 Å². The monoisotopic (exact) mass is 180 g/mol. The maximum atomic E-state index is 4.40. The lowest BCUT2D eigenvalue weighted by Gasteiger charge is -2.28. The van der Waals surface area contributed by atoms with E-state index in [9.17, 15) is 0 Å². The molecule has 0 radical (unpaired) electrons. The van der Waals surface area contributed by atoms with Crippen LogP contribution in [0.15, 0.2) is 16.3 Å². The summed E-state index contributed by atoms with van der Waals surface area (Å²) in [5.41, 5.74) is 3.88. The molecule has 0 amide bonds. The van der Waals surface area contributed by atoms with Crippen LogP contribution in [0.2, 0.25) is 0 Å². The van der Waals surface area contributed by atoms with Gasteiger partial charge in [0.2, 0.25) is 0 Å². The lowest BCUT2D eigenvalue weighted by Crippen LogP contribution is -2.25. The summed E-state index contributed by atoms with van der Waals surface area (Å²) < 4.78 is 0. The van der Waals surface area contributed by atoms with E-state index in [1.54, 1.807) is 0 Å². The quantitative estimate of drug-likeness (QED) is 0.662. The molecule has 1 saturated carbocycles. The van der Waals surface area contributed by atoms with E-state index < -0.39 is 0 Å². The first-order chi connectivity index (χ1) is 6.20. The normalized spacial score (nSPS) is 20.8. The first kappa shape index (κ1) is 10.3. The Kier molecular flexibility index (Phi) is 3.52. The fraction of sp³-hybridized carbons (Fsp3) is 0.727. The van der Waals surface area contributed by atoms with Crippen LogP contribution in [0, 0.1) is 5.92 Å². The van der Waals surface area contributed by atoms with Crippen LogP contribution in [0.4, 0.5) is 0 Å². The van der Waals surface area contributed by atoms with E-state index in [4.69, 9.17) is 0 Å². The van der Waals surface area contributed by atoms with E-state index in [-0.39, 0.29) is 0 Å². The number of rotatable bonds is 3. The molecule has 1 aliphatic rings. The van der Waals surface area contributed by atoms with Crippen LogP contribution in [0.3, 0.4) is 0 Å². The third-order valence-corrected chi connectivity index (χ3v) is 3.05. The van der Waals surface area contributed by atoms with E-state index in [2.05, 4.69) is 24.2 Å². The van der Waals surface area contributed by atoms with Gasteiger partial charge in [0.1, 0.15) is 0 Å². The predicted octanol–water partition coefficient (Wildman–Crippen LogP) is 2.37. The zero-order valence-electron chi connectivity index (χ0n) is 9.15. The highest BCUT2D eigenvalue weighted by atomic mass is 14.8. The maximum Gasteiger partial charge on any atom is 0.0421 e. The largest absolute Gasteiger partial charge is 0.391 e. The Balaban J connectivity index is 2.77. The minimum atomic E-state index is 0.730. The fourth-order valence-electron chi connectivity index (χ4n) is 1.72. The molecule has 1 N–H and O–H groups in total. The molecule has 2 heteroatoms. The summed E-state index contributed by atoms with van der Waals surface area (Å²) >= 11 is 0. The summed E-state index contributed by atoms with van der Waals surface area (Å²) in [7, 11) is 3.87. The highest BCUT2D eigenvalue weighted by Gasteiger charge is 2.24. The SMILES string of the molecule is C/N=C(\C(C)=C(/C)NC)C1CCC1. The first-order valence-electron chi connectivity index (χ1n) is 5.03. The molecule has 1 aliphatic carbocycles. The van der Waals surface area contributed by atoms with Crippen molar-refractivity contribution in [1.82, 2.24) is 5.32 Å². The van der Waals surface area contributed by atoms with Crippen LogP contribution in [0.1, 0.15) is 33.1 Å². The third kappa shape index (κ3) is 2.11. The van der Waals surface area contributed by atoms with Crippen molar-refractivity contribution in [2.45, 2.75) is 33.1 Å². The number of hydrogen-bond acceptors (Lipinski definition) is 2. The van der Waals surface area contributed by atoms with Gasteiger partial charge in [-0.2, -0.15) is 0 Å². The van der Waals surface area contributed by atoms with Crippen LogP contribution in [-0.4, -0.2) is 19.8 Å². The average Bonchev–Trinajstić information content (AvgIpc) is 2.08. The van der Waals surface area contributed by atoms with Gasteiger partial charge in [-0.15, -0.1) is 0 Å². The molecule has 13 heavy (non-hydrogen) atoms. The van der Waals surface area contributed by atoms with Gasteiger partial charge < -0.3 is 5.32 Å². The summed E-state index contributed by atoms with van der Waals surface area (Å²) in [6.07, 6.45) is 4.01. The average molecular weight is 180 g/mol. The van der Waals surface area contributed by atoms with Crippen LogP contribution in [-0.2, 0) is 0 Å². The Morgan fingerprint density at radius 3 is 2.23 bits per heavy atom. The van der Waals surface area contributed by atoms with Crippen LogP contribution < -0.4 is 5.32 Å². The smallest absolute Gasteiger partial charge is 0.0421 e. The summed E-state index contributed by atoms with van der Waals surface area (Å²) in [5.74, 6) is 0.730. The molecule has 0 unspecified atom stereocenters. The van der Waals surface area contributed by atoms with Crippen molar-refractivity contribution in [2.75, 3.05) is 14.1 Å². The molecule has 74 valence electrons. The molecular weight excluding hydrogens is 160 g/mol. The molecule has 0 aromatic heterocycles. The van der Waals surface area contributed by atoms with Crippen LogP contribution in [0.5, 0.6) is 0 Å². The summed E-state index contributed by atoms with van der Waals surface area (Å²) in [5, 5.41) is 3.18. The van der Waals surface area contributed by atoms with Crippen molar-refractivity contribution >= 4 is 5.71 Å². The molecule has 0 heterocycles. The van der Waals surface area contributed by atoms with Gasteiger partial charge in [-0.25, -0.2) is 0 Å². The molecule has 0 spiro atoms. The van der Waals surface area contributed by atoms with Gasteiger partial charge >= 0.3 is 0 Å². The second-order valence-electron chi connectivity index (χ2n) is 3.74. The van der Waals surface area contributed by atoms with E-state index in [1.165, 1.54) is 36.2 Å². The third-order valence-electron chi connectivity index (χ3n) is 3.05. The number of nitrogens with zero attached hydrogens (tertiary/aromatic N) is 1. The van der Waals surface area contributed by atoms with Crippen LogP contribution in [0.25, 0.3) is 0 Å². The van der Waals surface area contributed by atoms with Crippen molar-refractivity contribution in [3.8, 4) is 0 Å². The van der Waals surface area contributed by atoms with Crippen molar-refractivity contribution < 1.29 is 0 Å². The van der Waals surface area contributed by atoms with E-state index in [0.717, 1.165) is 5.92 Å². The Bertz CT molecular complexity index is 234. The molecule has 2 nitrogen and oxygen atoms in total. The standard InChI is InChI=1S/C11H20N2/c1-8(9(2)12-3)11(13-4)10-6-5-7-10/h10,12H,5-7H2,1-4H3/b9-8+,13-11+. The van der Waals surface area contributed by atoms with E-state index >= 15 is 0 Å². The molecule has 0 aromatic rings. The highest BCUT2D eigenvalue weighted by molar-refractivity contribution is 6.02. The van der Waals surface area contributed by atoms with E-state index in [0.29, 0.717) is 0 Å². The fourth-order valence-corrected chi connectivity index (χ4v) is 1.72. The van der Waals surface area contributed by atoms with Gasteiger partial charge in [0.15, 0.2) is 0 Å². The van der Waals surface area contributed by atoms with Crippen molar-refractivity contribution in [3.63, 3.8) is 0 Å². The second-order valence-corrected chi connectivity index (χ2v) is 3.74. The highest BCUT2D eigenvalue weighted by Crippen LogP contribution is 2.30. The maximum absolute atomic E-state index is 4.40. The number of allylic oxidation sites excluding steroid dienone is 2. The lowest BCUT2D eigenvalue weighted by atomic mass is 9.79. The molecule has 1 fully saturated rings.